The fourth-order valence-corrected chi connectivity index (χ4v) is 4.48. The zero-order valence-corrected chi connectivity index (χ0v) is 18.2. The summed E-state index contributed by atoms with van der Waals surface area (Å²) < 4.78 is 15.4. The van der Waals surface area contributed by atoms with Crippen molar-refractivity contribution in [3.05, 3.63) is 51.9 Å². The van der Waals surface area contributed by atoms with E-state index in [1.165, 1.54) is 17.4 Å². The highest BCUT2D eigenvalue weighted by Crippen LogP contribution is 2.37. The minimum absolute atomic E-state index is 0.182. The van der Waals surface area contributed by atoms with Gasteiger partial charge in [-0.15, -0.1) is 11.3 Å². The average molecular weight is 431 g/mol. The smallest absolute Gasteiger partial charge is 0.341 e. The Bertz CT molecular complexity index is 920. The van der Waals surface area contributed by atoms with Crippen LogP contribution >= 0.6 is 11.3 Å². The van der Waals surface area contributed by atoms with Gasteiger partial charge in [0.25, 0.3) is 0 Å². The Kier molecular flexibility index (Phi) is 7.62. The molecule has 0 aliphatic carbocycles. The van der Waals surface area contributed by atoms with Crippen LogP contribution in [0, 0.1) is 0 Å². The molecule has 7 nitrogen and oxygen atoms in total. The summed E-state index contributed by atoms with van der Waals surface area (Å²) in [5.74, 6) is 0.00403. The van der Waals surface area contributed by atoms with E-state index in [9.17, 15) is 9.59 Å². The number of rotatable bonds is 8. The van der Waals surface area contributed by atoms with Gasteiger partial charge in [0.05, 0.1) is 12.2 Å². The Morgan fingerprint density at radius 1 is 1.27 bits per heavy atom. The third-order valence-corrected chi connectivity index (χ3v) is 5.75. The van der Waals surface area contributed by atoms with E-state index in [0.29, 0.717) is 22.9 Å². The summed E-state index contributed by atoms with van der Waals surface area (Å²) in [5, 5.41) is 3.41. The van der Waals surface area contributed by atoms with Crippen molar-refractivity contribution in [1.82, 2.24) is 4.90 Å². The summed E-state index contributed by atoms with van der Waals surface area (Å²) in [6.45, 7) is 3.88. The Morgan fingerprint density at radius 2 is 2.03 bits per heavy atom. The molecule has 2 heterocycles. The summed E-state index contributed by atoms with van der Waals surface area (Å²) in [4.78, 5) is 28.3. The van der Waals surface area contributed by atoms with Crippen LogP contribution in [-0.4, -0.2) is 50.9 Å². The number of benzene rings is 1. The fourth-order valence-electron chi connectivity index (χ4n) is 3.17. The summed E-state index contributed by atoms with van der Waals surface area (Å²) in [7, 11) is 3.60. The first-order valence-electron chi connectivity index (χ1n) is 9.72. The zero-order chi connectivity index (χ0) is 21.5. The average Bonchev–Trinajstić information content (AvgIpc) is 3.08. The second kappa shape index (κ2) is 10.4. The summed E-state index contributed by atoms with van der Waals surface area (Å²) in [6, 6.07) is 7.30. The molecule has 1 N–H and O–H groups in total. The van der Waals surface area contributed by atoms with Crippen LogP contribution in [0.4, 0.5) is 5.00 Å². The zero-order valence-electron chi connectivity index (χ0n) is 17.4. The molecule has 3 rings (SSSR count). The normalized spacial score (nSPS) is 13.8. The van der Waals surface area contributed by atoms with Crippen LogP contribution < -0.4 is 10.1 Å². The molecule has 0 saturated carbocycles. The number of nitrogens with zero attached hydrogens (tertiary/aromatic N) is 1. The van der Waals surface area contributed by atoms with E-state index in [2.05, 4.69) is 10.2 Å². The molecule has 0 atom stereocenters. The summed E-state index contributed by atoms with van der Waals surface area (Å²) in [5.41, 5.74) is 2.33. The highest BCUT2D eigenvalue weighted by Gasteiger charge is 2.28. The van der Waals surface area contributed by atoms with E-state index in [1.807, 2.05) is 19.2 Å². The van der Waals surface area contributed by atoms with Crippen LogP contribution in [0.3, 0.4) is 0 Å². The maximum Gasteiger partial charge on any atom is 0.341 e. The number of likely N-dealkylation sites (N-methyl/N-ethyl adjacent to an activating group) is 1. The number of fused-ring (bicyclic) bond motifs is 1. The molecule has 160 valence electrons. The molecule has 0 radical (unpaired) electrons. The molecule has 1 aliphatic rings. The Hall–Kier alpha value is -2.68. The van der Waals surface area contributed by atoms with Gasteiger partial charge >= 0.3 is 5.97 Å². The molecule has 1 aromatic carbocycles. The molecule has 1 amide bonds. The predicted octanol–water partition coefficient (Wildman–Crippen LogP) is 3.55. The molecule has 30 heavy (non-hydrogen) atoms. The van der Waals surface area contributed by atoms with Crippen molar-refractivity contribution >= 4 is 34.3 Å². The van der Waals surface area contributed by atoms with Crippen molar-refractivity contribution in [3.63, 3.8) is 0 Å². The van der Waals surface area contributed by atoms with Gasteiger partial charge in [-0.1, -0.05) is 12.1 Å². The quantitative estimate of drug-likeness (QED) is 0.392. The van der Waals surface area contributed by atoms with Gasteiger partial charge in [0, 0.05) is 31.2 Å². The molecule has 0 fully saturated rings. The van der Waals surface area contributed by atoms with Crippen LogP contribution in [0.25, 0.3) is 6.08 Å². The van der Waals surface area contributed by atoms with Crippen LogP contribution in [0.5, 0.6) is 5.75 Å². The topological polar surface area (TPSA) is 77.1 Å². The molecule has 0 unspecified atom stereocenters. The molecular formula is C22H26N2O5S. The van der Waals surface area contributed by atoms with Crippen molar-refractivity contribution in [1.29, 1.82) is 0 Å². The number of carbonyl (C=O) groups is 2. The number of anilines is 1. The lowest BCUT2D eigenvalue weighted by molar-refractivity contribution is -0.111. The van der Waals surface area contributed by atoms with Crippen LogP contribution in [-0.2, 0) is 27.2 Å². The van der Waals surface area contributed by atoms with Crippen LogP contribution in [0.15, 0.2) is 30.3 Å². The standard InChI is InChI=1S/C22H26N2O5S/c1-4-28-22(26)20-17-11-12-24(2)13-18(17)30-21(20)23-19(25)10-7-15-5-8-16(9-6-15)29-14-27-3/h5-10H,4,11-14H2,1-3H3,(H,23,25)/b10-7+. The summed E-state index contributed by atoms with van der Waals surface area (Å²) in [6.07, 6.45) is 3.92. The van der Waals surface area contributed by atoms with Gasteiger partial charge < -0.3 is 24.4 Å². The second-order valence-corrected chi connectivity index (χ2v) is 7.96. The van der Waals surface area contributed by atoms with Gasteiger partial charge in [0.15, 0.2) is 6.79 Å². The highest BCUT2D eigenvalue weighted by atomic mass is 32.1. The van der Waals surface area contributed by atoms with Gasteiger partial charge in [-0.05, 0) is 49.7 Å². The number of hydrogen-bond donors (Lipinski definition) is 1. The molecule has 0 spiro atoms. The lowest BCUT2D eigenvalue weighted by Gasteiger charge is -2.22. The van der Waals surface area contributed by atoms with Gasteiger partial charge in [-0.3, -0.25) is 4.79 Å². The first-order chi connectivity index (χ1) is 14.5. The SMILES string of the molecule is CCOC(=O)c1c(NC(=O)/C=C/c2ccc(OCOC)cc2)sc2c1CCN(C)C2. The van der Waals surface area contributed by atoms with Gasteiger partial charge in [-0.25, -0.2) is 4.79 Å². The van der Waals surface area contributed by atoms with E-state index >= 15 is 0 Å². The number of amides is 1. The first-order valence-corrected chi connectivity index (χ1v) is 10.5. The largest absolute Gasteiger partial charge is 0.468 e. The molecular weight excluding hydrogens is 404 g/mol. The number of esters is 1. The number of hydrogen-bond acceptors (Lipinski definition) is 7. The van der Waals surface area contributed by atoms with Crippen molar-refractivity contribution < 1.29 is 23.8 Å². The number of nitrogens with one attached hydrogen (secondary N) is 1. The number of ether oxygens (including phenoxy) is 3. The fraction of sp³-hybridized carbons (Fsp3) is 0.364. The van der Waals surface area contributed by atoms with Crippen molar-refractivity contribution in [2.45, 2.75) is 19.9 Å². The van der Waals surface area contributed by atoms with Gasteiger partial charge in [0.2, 0.25) is 5.91 Å². The van der Waals surface area contributed by atoms with Crippen molar-refractivity contribution in [2.75, 3.05) is 39.4 Å². The van der Waals surface area contributed by atoms with Crippen LogP contribution in [0.2, 0.25) is 0 Å². The molecule has 0 saturated heterocycles. The number of methoxy groups -OCH3 is 1. The molecule has 2 aromatic rings. The minimum atomic E-state index is -0.384. The number of thiophene rings is 1. The first kappa shape index (κ1) is 22.0. The van der Waals surface area contributed by atoms with Crippen molar-refractivity contribution in [2.24, 2.45) is 0 Å². The Morgan fingerprint density at radius 3 is 2.73 bits per heavy atom. The second-order valence-electron chi connectivity index (χ2n) is 6.86. The highest BCUT2D eigenvalue weighted by molar-refractivity contribution is 7.17. The van der Waals surface area contributed by atoms with E-state index in [1.54, 1.807) is 32.2 Å². The summed E-state index contributed by atoms with van der Waals surface area (Å²) >= 11 is 1.44. The van der Waals surface area contributed by atoms with Crippen molar-refractivity contribution in [3.8, 4) is 5.75 Å². The van der Waals surface area contributed by atoms with E-state index in [4.69, 9.17) is 14.2 Å². The molecule has 1 aromatic heterocycles. The molecule has 8 heteroatoms. The molecule has 1 aliphatic heterocycles. The lowest BCUT2D eigenvalue weighted by Crippen LogP contribution is -2.26. The maximum absolute atomic E-state index is 12.5. The van der Waals surface area contributed by atoms with E-state index in [0.717, 1.165) is 35.5 Å². The van der Waals surface area contributed by atoms with E-state index < -0.39 is 0 Å². The molecule has 0 bridgehead atoms. The Labute approximate surface area is 180 Å². The van der Waals surface area contributed by atoms with E-state index in [-0.39, 0.29) is 18.7 Å². The van der Waals surface area contributed by atoms with Gasteiger partial charge in [0.1, 0.15) is 10.8 Å². The number of carbonyl (C=O) groups excluding carboxylic acids is 2. The minimum Gasteiger partial charge on any atom is -0.468 e. The van der Waals surface area contributed by atoms with Crippen LogP contribution in [0.1, 0.15) is 33.3 Å². The lowest BCUT2D eigenvalue weighted by atomic mass is 10.0. The Balaban J connectivity index is 1.72. The maximum atomic E-state index is 12.5. The third-order valence-electron chi connectivity index (χ3n) is 4.61. The predicted molar refractivity (Wildman–Crippen MR) is 117 cm³/mol. The third kappa shape index (κ3) is 5.47. The monoisotopic (exact) mass is 430 g/mol. The van der Waals surface area contributed by atoms with Gasteiger partial charge in [-0.2, -0.15) is 0 Å².